The van der Waals surface area contributed by atoms with Crippen molar-refractivity contribution in [3.8, 4) is 0 Å². The first-order valence-corrected chi connectivity index (χ1v) is 8.45. The molecule has 22 heavy (non-hydrogen) atoms. The number of thioether (sulfide) groups is 1. The molecule has 0 aliphatic heterocycles. The van der Waals surface area contributed by atoms with Crippen molar-refractivity contribution in [2.45, 2.75) is 19.3 Å². The van der Waals surface area contributed by atoms with Gasteiger partial charge in [-0.2, -0.15) is 0 Å². The molecule has 0 saturated carbocycles. The lowest BCUT2D eigenvalue weighted by molar-refractivity contribution is -0.113. The molecule has 3 nitrogen and oxygen atoms in total. The standard InChI is InChI=1S/C17H18ClNO2S/c1-12-15(18)3-2-4-16(12)19-17(21)11-22-10-14-7-5-13(9-20)6-8-14/h2-8,20H,9-11H2,1H3,(H,19,21). The maximum Gasteiger partial charge on any atom is 0.234 e. The zero-order chi connectivity index (χ0) is 15.9. The van der Waals surface area contributed by atoms with Gasteiger partial charge in [-0.15, -0.1) is 11.8 Å². The fourth-order valence-corrected chi connectivity index (χ4v) is 2.89. The van der Waals surface area contributed by atoms with Crippen LogP contribution in [0.4, 0.5) is 5.69 Å². The van der Waals surface area contributed by atoms with Crippen LogP contribution < -0.4 is 5.32 Å². The van der Waals surface area contributed by atoms with Gasteiger partial charge in [-0.3, -0.25) is 4.79 Å². The highest BCUT2D eigenvalue weighted by Crippen LogP contribution is 2.23. The highest BCUT2D eigenvalue weighted by molar-refractivity contribution is 7.99. The molecule has 0 spiro atoms. The number of carbonyl (C=O) groups is 1. The number of aliphatic hydroxyl groups is 1. The fourth-order valence-electron chi connectivity index (χ4n) is 1.93. The van der Waals surface area contributed by atoms with Crippen LogP contribution in [0.15, 0.2) is 42.5 Å². The summed E-state index contributed by atoms with van der Waals surface area (Å²) >= 11 is 7.58. The van der Waals surface area contributed by atoms with Crippen molar-refractivity contribution < 1.29 is 9.90 Å². The monoisotopic (exact) mass is 335 g/mol. The van der Waals surface area contributed by atoms with Gasteiger partial charge in [0.15, 0.2) is 0 Å². The molecule has 2 aromatic rings. The molecule has 2 aromatic carbocycles. The summed E-state index contributed by atoms with van der Waals surface area (Å²) in [6.45, 7) is 1.93. The summed E-state index contributed by atoms with van der Waals surface area (Å²) in [6.07, 6.45) is 0. The first-order valence-electron chi connectivity index (χ1n) is 6.91. The van der Waals surface area contributed by atoms with Crippen molar-refractivity contribution in [2.24, 2.45) is 0 Å². The Balaban J connectivity index is 1.81. The lowest BCUT2D eigenvalue weighted by atomic mass is 10.2. The van der Waals surface area contributed by atoms with Crippen molar-refractivity contribution in [3.05, 3.63) is 64.2 Å². The third-order valence-corrected chi connectivity index (χ3v) is 4.66. The van der Waals surface area contributed by atoms with Crippen LogP contribution in [0.1, 0.15) is 16.7 Å². The SMILES string of the molecule is Cc1c(Cl)cccc1NC(=O)CSCc1ccc(CO)cc1. The second kappa shape index (κ2) is 8.22. The number of hydrogen-bond acceptors (Lipinski definition) is 3. The van der Waals surface area contributed by atoms with Gasteiger partial charge in [0.25, 0.3) is 0 Å². The molecule has 0 aliphatic rings. The van der Waals surface area contributed by atoms with Gasteiger partial charge in [0.1, 0.15) is 0 Å². The Kier molecular flexibility index (Phi) is 6.31. The van der Waals surface area contributed by atoms with E-state index in [4.69, 9.17) is 16.7 Å². The summed E-state index contributed by atoms with van der Waals surface area (Å²) in [4.78, 5) is 12.0. The highest BCUT2D eigenvalue weighted by Gasteiger charge is 2.07. The lowest BCUT2D eigenvalue weighted by Gasteiger charge is -2.09. The van der Waals surface area contributed by atoms with Crippen LogP contribution in [0.2, 0.25) is 5.02 Å². The molecule has 0 unspecified atom stereocenters. The summed E-state index contributed by atoms with van der Waals surface area (Å²) in [5, 5.41) is 12.5. The average molecular weight is 336 g/mol. The number of hydrogen-bond donors (Lipinski definition) is 2. The van der Waals surface area contributed by atoms with Crippen molar-refractivity contribution in [3.63, 3.8) is 0 Å². The van der Waals surface area contributed by atoms with E-state index in [-0.39, 0.29) is 12.5 Å². The number of amides is 1. The summed E-state index contributed by atoms with van der Waals surface area (Å²) in [7, 11) is 0. The van der Waals surface area contributed by atoms with Gasteiger partial charge in [-0.25, -0.2) is 0 Å². The van der Waals surface area contributed by atoms with E-state index < -0.39 is 0 Å². The summed E-state index contributed by atoms with van der Waals surface area (Å²) in [5.41, 5.74) is 3.66. The normalized spacial score (nSPS) is 10.5. The van der Waals surface area contributed by atoms with Crippen molar-refractivity contribution in [1.82, 2.24) is 0 Å². The van der Waals surface area contributed by atoms with E-state index in [1.807, 2.05) is 43.3 Å². The average Bonchev–Trinajstić information content (AvgIpc) is 2.52. The first-order chi connectivity index (χ1) is 10.6. The summed E-state index contributed by atoms with van der Waals surface area (Å²) < 4.78 is 0. The number of carbonyl (C=O) groups excluding carboxylic acids is 1. The van der Waals surface area contributed by atoms with E-state index in [0.717, 1.165) is 28.1 Å². The van der Waals surface area contributed by atoms with Gasteiger partial charge >= 0.3 is 0 Å². The van der Waals surface area contributed by atoms with Crippen LogP contribution >= 0.6 is 23.4 Å². The molecule has 116 valence electrons. The van der Waals surface area contributed by atoms with Gasteiger partial charge in [0.05, 0.1) is 12.4 Å². The number of benzene rings is 2. The molecule has 0 aromatic heterocycles. The zero-order valence-electron chi connectivity index (χ0n) is 12.3. The van der Waals surface area contributed by atoms with Gasteiger partial charge < -0.3 is 10.4 Å². The molecule has 0 heterocycles. The molecule has 2 N–H and O–H groups in total. The van der Waals surface area contributed by atoms with E-state index in [1.165, 1.54) is 0 Å². The van der Waals surface area contributed by atoms with Gasteiger partial charge in [0.2, 0.25) is 5.91 Å². The molecule has 0 bridgehead atoms. The number of halogens is 1. The van der Waals surface area contributed by atoms with E-state index in [0.29, 0.717) is 10.8 Å². The van der Waals surface area contributed by atoms with Crippen molar-refractivity contribution in [2.75, 3.05) is 11.1 Å². The van der Waals surface area contributed by atoms with Crippen molar-refractivity contribution in [1.29, 1.82) is 0 Å². The number of anilines is 1. The third kappa shape index (κ3) is 4.77. The molecule has 0 radical (unpaired) electrons. The van der Waals surface area contributed by atoms with Gasteiger partial charge in [-0.1, -0.05) is 41.9 Å². The second-order valence-corrected chi connectivity index (χ2v) is 6.32. The van der Waals surface area contributed by atoms with Crippen LogP contribution in [-0.2, 0) is 17.2 Å². The van der Waals surface area contributed by atoms with Crippen LogP contribution in [0.25, 0.3) is 0 Å². The molecule has 5 heteroatoms. The van der Waals surface area contributed by atoms with Crippen LogP contribution in [0.5, 0.6) is 0 Å². The molecule has 1 amide bonds. The third-order valence-electron chi connectivity index (χ3n) is 3.25. The van der Waals surface area contributed by atoms with E-state index in [2.05, 4.69) is 5.32 Å². The van der Waals surface area contributed by atoms with Gasteiger partial charge in [-0.05, 0) is 35.7 Å². The van der Waals surface area contributed by atoms with Crippen LogP contribution in [-0.4, -0.2) is 16.8 Å². The Labute approximate surface area is 139 Å². The van der Waals surface area contributed by atoms with E-state index in [1.54, 1.807) is 17.8 Å². The minimum atomic E-state index is -0.0395. The zero-order valence-corrected chi connectivity index (χ0v) is 13.9. The molecular weight excluding hydrogens is 318 g/mol. The van der Waals surface area contributed by atoms with E-state index in [9.17, 15) is 4.79 Å². The number of rotatable bonds is 6. The highest BCUT2D eigenvalue weighted by atomic mass is 35.5. The second-order valence-electron chi connectivity index (χ2n) is 4.93. The first kappa shape index (κ1) is 16.9. The topological polar surface area (TPSA) is 49.3 Å². The Morgan fingerprint density at radius 3 is 2.55 bits per heavy atom. The Morgan fingerprint density at radius 1 is 1.18 bits per heavy atom. The molecule has 2 rings (SSSR count). The largest absolute Gasteiger partial charge is 0.392 e. The Morgan fingerprint density at radius 2 is 1.86 bits per heavy atom. The summed E-state index contributed by atoms with van der Waals surface area (Å²) in [5.74, 6) is 1.10. The lowest BCUT2D eigenvalue weighted by Crippen LogP contribution is -2.15. The molecule has 0 saturated heterocycles. The van der Waals surface area contributed by atoms with E-state index >= 15 is 0 Å². The number of aliphatic hydroxyl groups excluding tert-OH is 1. The Bertz CT molecular complexity index is 644. The minimum Gasteiger partial charge on any atom is -0.392 e. The quantitative estimate of drug-likeness (QED) is 0.838. The summed E-state index contributed by atoms with van der Waals surface area (Å²) in [6, 6.07) is 13.2. The number of nitrogens with one attached hydrogen (secondary N) is 1. The molecule has 0 aliphatic carbocycles. The smallest absolute Gasteiger partial charge is 0.234 e. The van der Waals surface area contributed by atoms with Crippen molar-refractivity contribution >= 4 is 35.0 Å². The van der Waals surface area contributed by atoms with Gasteiger partial charge in [0, 0.05) is 16.5 Å². The molecule has 0 fully saturated rings. The molecule has 0 atom stereocenters. The maximum atomic E-state index is 12.0. The van der Waals surface area contributed by atoms with Crippen LogP contribution in [0, 0.1) is 6.92 Å². The minimum absolute atomic E-state index is 0.0395. The predicted octanol–water partition coefficient (Wildman–Crippen LogP) is 4.01. The van der Waals surface area contributed by atoms with Crippen LogP contribution in [0.3, 0.4) is 0 Å². The maximum absolute atomic E-state index is 12.0. The Hall–Kier alpha value is -1.49. The fraction of sp³-hybridized carbons (Fsp3) is 0.235. The predicted molar refractivity (Wildman–Crippen MR) is 93.3 cm³/mol. The molecular formula is C17H18ClNO2S.